The topological polar surface area (TPSA) is 9.23 Å². The average molecular weight is 222 g/mol. The molecule has 0 aliphatic rings. The second-order valence-electron chi connectivity index (χ2n) is 3.00. The molecule has 0 spiro atoms. The number of ether oxygens (including phenoxy) is 1. The molecule has 0 atom stereocenters. The van der Waals surface area contributed by atoms with E-state index in [0.29, 0.717) is 0 Å². The summed E-state index contributed by atoms with van der Waals surface area (Å²) in [7, 11) is 0. The van der Waals surface area contributed by atoms with E-state index < -0.39 is 18.4 Å². The van der Waals surface area contributed by atoms with E-state index in [1.54, 1.807) is 6.07 Å². The van der Waals surface area contributed by atoms with Crippen molar-refractivity contribution in [3.63, 3.8) is 0 Å². The fourth-order valence-electron chi connectivity index (χ4n) is 1.02. The van der Waals surface area contributed by atoms with Crippen LogP contribution in [0.25, 0.3) is 0 Å². The maximum Gasteiger partial charge on any atom is 0.389 e. The molecule has 0 heterocycles. The van der Waals surface area contributed by atoms with Crippen LogP contribution in [0.4, 0.5) is 17.6 Å². The van der Waals surface area contributed by atoms with Crippen LogP contribution in [0.5, 0.6) is 5.75 Å². The lowest BCUT2D eigenvalue weighted by Crippen LogP contribution is -2.10. The average Bonchev–Trinajstić information content (AvgIpc) is 2.13. The van der Waals surface area contributed by atoms with Gasteiger partial charge in [-0.2, -0.15) is 13.2 Å². The summed E-state index contributed by atoms with van der Waals surface area (Å²) < 4.78 is 53.0. The van der Waals surface area contributed by atoms with E-state index in [9.17, 15) is 17.6 Å². The van der Waals surface area contributed by atoms with Gasteiger partial charge in [0.25, 0.3) is 0 Å². The highest BCUT2D eigenvalue weighted by molar-refractivity contribution is 5.23. The van der Waals surface area contributed by atoms with Gasteiger partial charge >= 0.3 is 6.18 Å². The number of hydrogen-bond donors (Lipinski definition) is 0. The van der Waals surface area contributed by atoms with Crippen molar-refractivity contribution < 1.29 is 22.3 Å². The SMILES string of the molecule is Fc1ccccc1OCCCC(F)(F)F. The lowest BCUT2D eigenvalue weighted by Gasteiger charge is -2.08. The first-order valence-corrected chi connectivity index (χ1v) is 4.43. The molecule has 84 valence electrons. The van der Waals surface area contributed by atoms with Gasteiger partial charge in [0, 0.05) is 6.42 Å². The second-order valence-corrected chi connectivity index (χ2v) is 3.00. The fraction of sp³-hybridized carbons (Fsp3) is 0.400. The highest BCUT2D eigenvalue weighted by atomic mass is 19.4. The summed E-state index contributed by atoms with van der Waals surface area (Å²) >= 11 is 0. The van der Waals surface area contributed by atoms with Gasteiger partial charge in [0.1, 0.15) is 0 Å². The molecule has 1 aromatic rings. The van der Waals surface area contributed by atoms with Crippen molar-refractivity contribution in [2.24, 2.45) is 0 Å². The van der Waals surface area contributed by atoms with E-state index in [0.717, 1.165) is 0 Å². The predicted octanol–water partition coefficient (Wildman–Crippen LogP) is 3.55. The molecule has 15 heavy (non-hydrogen) atoms. The molecule has 0 aliphatic carbocycles. The molecule has 0 N–H and O–H groups in total. The van der Waals surface area contributed by atoms with Gasteiger partial charge in [-0.25, -0.2) is 4.39 Å². The molecule has 0 fully saturated rings. The molecule has 0 saturated heterocycles. The number of para-hydroxylation sites is 1. The smallest absolute Gasteiger partial charge is 0.389 e. The molecule has 0 unspecified atom stereocenters. The van der Waals surface area contributed by atoms with Gasteiger partial charge in [-0.05, 0) is 18.6 Å². The van der Waals surface area contributed by atoms with Crippen LogP contribution in [-0.2, 0) is 0 Å². The quantitative estimate of drug-likeness (QED) is 0.559. The van der Waals surface area contributed by atoms with Crippen LogP contribution >= 0.6 is 0 Å². The molecule has 0 aromatic heterocycles. The van der Waals surface area contributed by atoms with Crippen LogP contribution in [-0.4, -0.2) is 12.8 Å². The van der Waals surface area contributed by atoms with E-state index in [2.05, 4.69) is 0 Å². The summed E-state index contributed by atoms with van der Waals surface area (Å²) in [5.41, 5.74) is 0. The molecular formula is C10H10F4O. The van der Waals surface area contributed by atoms with E-state index in [-0.39, 0.29) is 18.8 Å². The Morgan fingerprint density at radius 1 is 1.13 bits per heavy atom. The standard InChI is InChI=1S/C10H10F4O/c11-8-4-1-2-5-9(8)15-7-3-6-10(12,13)14/h1-2,4-5H,3,6-7H2. The highest BCUT2D eigenvalue weighted by Crippen LogP contribution is 2.22. The fourth-order valence-corrected chi connectivity index (χ4v) is 1.02. The van der Waals surface area contributed by atoms with Gasteiger partial charge in [0.2, 0.25) is 0 Å². The highest BCUT2D eigenvalue weighted by Gasteiger charge is 2.26. The van der Waals surface area contributed by atoms with Gasteiger partial charge in [-0.1, -0.05) is 12.1 Å². The van der Waals surface area contributed by atoms with Crippen molar-refractivity contribution in [1.29, 1.82) is 0 Å². The van der Waals surface area contributed by atoms with E-state index in [4.69, 9.17) is 4.74 Å². The minimum atomic E-state index is -4.18. The Hall–Kier alpha value is -1.26. The first kappa shape index (κ1) is 11.8. The lowest BCUT2D eigenvalue weighted by molar-refractivity contribution is -0.136. The Labute approximate surface area is 84.7 Å². The Morgan fingerprint density at radius 2 is 1.80 bits per heavy atom. The zero-order valence-corrected chi connectivity index (χ0v) is 7.85. The van der Waals surface area contributed by atoms with Crippen molar-refractivity contribution in [3.8, 4) is 5.75 Å². The third-order valence-corrected chi connectivity index (χ3v) is 1.70. The lowest BCUT2D eigenvalue weighted by atomic mass is 10.3. The van der Waals surface area contributed by atoms with E-state index in [1.807, 2.05) is 0 Å². The number of halogens is 4. The number of hydrogen-bond acceptors (Lipinski definition) is 1. The van der Waals surface area contributed by atoms with Crippen molar-refractivity contribution in [2.45, 2.75) is 19.0 Å². The number of benzene rings is 1. The Kier molecular flexibility index (Phi) is 3.94. The van der Waals surface area contributed by atoms with Crippen molar-refractivity contribution >= 4 is 0 Å². The minimum absolute atomic E-state index is 0.0142. The molecule has 1 nitrogen and oxygen atoms in total. The van der Waals surface area contributed by atoms with Crippen molar-refractivity contribution in [3.05, 3.63) is 30.1 Å². The summed E-state index contributed by atoms with van der Waals surface area (Å²) in [5.74, 6) is -0.579. The second kappa shape index (κ2) is 5.00. The van der Waals surface area contributed by atoms with Crippen LogP contribution in [0.3, 0.4) is 0 Å². The molecule has 1 aromatic carbocycles. The molecule has 0 bridgehead atoms. The van der Waals surface area contributed by atoms with Crippen molar-refractivity contribution in [1.82, 2.24) is 0 Å². The van der Waals surface area contributed by atoms with E-state index >= 15 is 0 Å². The van der Waals surface area contributed by atoms with Gasteiger partial charge in [0.05, 0.1) is 6.61 Å². The van der Waals surface area contributed by atoms with Gasteiger partial charge in [0.15, 0.2) is 11.6 Å². The monoisotopic (exact) mass is 222 g/mol. The van der Waals surface area contributed by atoms with Crippen LogP contribution in [0.1, 0.15) is 12.8 Å². The van der Waals surface area contributed by atoms with Crippen molar-refractivity contribution in [2.75, 3.05) is 6.61 Å². The van der Waals surface area contributed by atoms with Crippen LogP contribution in [0.2, 0.25) is 0 Å². The molecule has 1 rings (SSSR count). The third kappa shape index (κ3) is 4.67. The van der Waals surface area contributed by atoms with Crippen LogP contribution < -0.4 is 4.74 Å². The van der Waals surface area contributed by atoms with Gasteiger partial charge in [-0.15, -0.1) is 0 Å². The summed E-state index contributed by atoms with van der Waals surface area (Å²) in [5, 5.41) is 0. The summed E-state index contributed by atoms with van der Waals surface area (Å²) in [6.07, 6.45) is -5.27. The zero-order chi connectivity index (χ0) is 11.3. The summed E-state index contributed by atoms with van der Waals surface area (Å²) in [4.78, 5) is 0. The van der Waals surface area contributed by atoms with Crippen LogP contribution in [0.15, 0.2) is 24.3 Å². The normalized spacial score (nSPS) is 11.5. The Balaban J connectivity index is 2.30. The summed E-state index contributed by atoms with van der Waals surface area (Å²) in [6.45, 7) is -0.138. The molecule has 0 saturated carbocycles. The maximum atomic E-state index is 12.9. The molecular weight excluding hydrogens is 212 g/mol. The first-order valence-electron chi connectivity index (χ1n) is 4.43. The Bertz CT molecular complexity index is 309. The predicted molar refractivity (Wildman–Crippen MR) is 47.2 cm³/mol. The molecule has 5 heteroatoms. The summed E-state index contributed by atoms with van der Waals surface area (Å²) in [6, 6.07) is 5.61. The van der Waals surface area contributed by atoms with E-state index in [1.165, 1.54) is 18.2 Å². The minimum Gasteiger partial charge on any atom is -0.491 e. The first-order chi connectivity index (χ1) is 6.99. The molecule has 0 radical (unpaired) electrons. The maximum absolute atomic E-state index is 12.9. The largest absolute Gasteiger partial charge is 0.491 e. The Morgan fingerprint density at radius 3 is 2.40 bits per heavy atom. The van der Waals surface area contributed by atoms with Gasteiger partial charge in [-0.3, -0.25) is 0 Å². The molecule has 0 aliphatic heterocycles. The van der Waals surface area contributed by atoms with Gasteiger partial charge < -0.3 is 4.74 Å². The third-order valence-electron chi connectivity index (χ3n) is 1.70. The zero-order valence-electron chi connectivity index (χ0n) is 7.85. The number of rotatable bonds is 4. The van der Waals surface area contributed by atoms with Crippen LogP contribution in [0, 0.1) is 5.82 Å². The molecule has 0 amide bonds. The number of alkyl halides is 3.